The van der Waals surface area contributed by atoms with E-state index >= 15 is 0 Å². The number of anilines is 1. The molecule has 2 aromatic rings. The van der Waals surface area contributed by atoms with Crippen molar-refractivity contribution in [3.8, 4) is 0 Å². The van der Waals surface area contributed by atoms with Gasteiger partial charge in [0, 0.05) is 28.2 Å². The normalized spacial score (nSPS) is 12.4. The molecule has 0 radical (unpaired) electrons. The van der Waals surface area contributed by atoms with Crippen LogP contribution >= 0.6 is 34.8 Å². The molecule has 2 rings (SSSR count). The Labute approximate surface area is 216 Å². The van der Waals surface area contributed by atoms with Gasteiger partial charge in [-0.1, -0.05) is 54.7 Å². The minimum Gasteiger partial charge on any atom is -0.354 e. The molecule has 0 saturated carbocycles. The minimum absolute atomic E-state index is 0.0106. The van der Waals surface area contributed by atoms with Crippen LogP contribution in [0.1, 0.15) is 26.3 Å². The summed E-state index contributed by atoms with van der Waals surface area (Å²) < 4.78 is 26.0. The van der Waals surface area contributed by atoms with Crippen LogP contribution in [0.5, 0.6) is 0 Å². The Morgan fingerprint density at radius 2 is 1.56 bits per heavy atom. The summed E-state index contributed by atoms with van der Waals surface area (Å²) in [4.78, 5) is 27.6. The number of nitrogens with zero attached hydrogens (tertiary/aromatic N) is 2. The van der Waals surface area contributed by atoms with Crippen molar-refractivity contribution in [2.75, 3.05) is 23.7 Å². The Morgan fingerprint density at radius 1 is 0.971 bits per heavy atom. The highest BCUT2D eigenvalue weighted by Gasteiger charge is 2.30. The molecule has 11 heteroatoms. The van der Waals surface area contributed by atoms with E-state index in [1.807, 2.05) is 13.8 Å². The van der Waals surface area contributed by atoms with Gasteiger partial charge in [0.25, 0.3) is 0 Å². The lowest BCUT2D eigenvalue weighted by Crippen LogP contribution is -2.51. The van der Waals surface area contributed by atoms with E-state index in [2.05, 4.69) is 5.32 Å². The topological polar surface area (TPSA) is 86.8 Å². The van der Waals surface area contributed by atoms with Crippen LogP contribution < -0.4 is 9.62 Å². The molecule has 186 valence electrons. The average molecular weight is 549 g/mol. The molecule has 0 aliphatic heterocycles. The molecule has 0 spiro atoms. The maximum Gasteiger partial charge on any atom is 0.244 e. The standard InChI is InChI=1S/C23H28Cl3N3O4S/c1-15(2)12-27-23(31)16(3)28(13-17-5-6-19(25)11-21(17)26)22(30)14-29(34(4,32)33)20-9-7-18(24)8-10-20/h5-11,15-16H,12-14H2,1-4H3,(H,27,31). The third kappa shape index (κ3) is 8.05. The second-order valence-corrected chi connectivity index (χ2v) is 11.5. The largest absolute Gasteiger partial charge is 0.354 e. The van der Waals surface area contributed by atoms with Crippen molar-refractivity contribution in [2.45, 2.75) is 33.4 Å². The summed E-state index contributed by atoms with van der Waals surface area (Å²) in [7, 11) is -3.81. The van der Waals surface area contributed by atoms with Gasteiger partial charge in [0.15, 0.2) is 0 Å². The third-order valence-electron chi connectivity index (χ3n) is 5.00. The first-order valence-electron chi connectivity index (χ1n) is 10.5. The lowest BCUT2D eigenvalue weighted by atomic mass is 10.1. The molecule has 0 aliphatic rings. The second kappa shape index (κ2) is 12.1. The molecular weight excluding hydrogens is 521 g/mol. The van der Waals surface area contributed by atoms with E-state index in [-0.39, 0.29) is 24.1 Å². The molecule has 2 amide bonds. The van der Waals surface area contributed by atoms with Crippen LogP contribution in [0, 0.1) is 5.92 Å². The molecule has 0 bridgehead atoms. The summed E-state index contributed by atoms with van der Waals surface area (Å²) >= 11 is 18.2. The van der Waals surface area contributed by atoms with E-state index in [1.54, 1.807) is 25.1 Å². The number of sulfonamides is 1. The van der Waals surface area contributed by atoms with E-state index in [0.29, 0.717) is 27.2 Å². The number of carbonyl (C=O) groups is 2. The van der Waals surface area contributed by atoms with Gasteiger partial charge in [-0.3, -0.25) is 13.9 Å². The highest BCUT2D eigenvalue weighted by molar-refractivity contribution is 7.92. The molecule has 34 heavy (non-hydrogen) atoms. The fourth-order valence-corrected chi connectivity index (χ4v) is 4.53. The van der Waals surface area contributed by atoms with Gasteiger partial charge in [-0.25, -0.2) is 8.42 Å². The summed E-state index contributed by atoms with van der Waals surface area (Å²) in [6, 6.07) is 10.0. The van der Waals surface area contributed by atoms with Gasteiger partial charge >= 0.3 is 0 Å². The van der Waals surface area contributed by atoms with Crippen LogP contribution in [0.15, 0.2) is 42.5 Å². The molecule has 1 unspecified atom stereocenters. The van der Waals surface area contributed by atoms with Gasteiger partial charge in [-0.15, -0.1) is 0 Å². The zero-order valence-corrected chi connectivity index (χ0v) is 22.5. The number of hydrogen-bond donors (Lipinski definition) is 1. The predicted octanol–water partition coefficient (Wildman–Crippen LogP) is 4.60. The van der Waals surface area contributed by atoms with Crippen LogP contribution in [-0.2, 0) is 26.2 Å². The highest BCUT2D eigenvalue weighted by Crippen LogP contribution is 2.25. The first-order chi connectivity index (χ1) is 15.8. The highest BCUT2D eigenvalue weighted by atomic mass is 35.5. The van der Waals surface area contributed by atoms with E-state index in [4.69, 9.17) is 34.8 Å². The van der Waals surface area contributed by atoms with Gasteiger partial charge in [-0.05, 0) is 54.8 Å². The first-order valence-corrected chi connectivity index (χ1v) is 13.5. The number of nitrogens with one attached hydrogen (secondary N) is 1. The van der Waals surface area contributed by atoms with Crippen LogP contribution in [0.25, 0.3) is 0 Å². The van der Waals surface area contributed by atoms with Crippen molar-refractivity contribution in [3.05, 3.63) is 63.1 Å². The van der Waals surface area contributed by atoms with Crippen molar-refractivity contribution < 1.29 is 18.0 Å². The zero-order valence-electron chi connectivity index (χ0n) is 19.4. The fourth-order valence-electron chi connectivity index (χ4n) is 3.09. The Morgan fingerprint density at radius 3 is 2.09 bits per heavy atom. The molecule has 0 aromatic heterocycles. The molecular formula is C23H28Cl3N3O4S. The zero-order chi connectivity index (χ0) is 25.6. The summed E-state index contributed by atoms with van der Waals surface area (Å²) in [5.41, 5.74) is 0.849. The predicted molar refractivity (Wildman–Crippen MR) is 138 cm³/mol. The lowest BCUT2D eigenvalue weighted by molar-refractivity contribution is -0.139. The Balaban J connectivity index is 2.39. The van der Waals surface area contributed by atoms with Crippen molar-refractivity contribution in [1.82, 2.24) is 10.2 Å². The van der Waals surface area contributed by atoms with Crippen molar-refractivity contribution in [1.29, 1.82) is 0 Å². The lowest BCUT2D eigenvalue weighted by Gasteiger charge is -2.31. The van der Waals surface area contributed by atoms with Crippen LogP contribution in [-0.4, -0.2) is 50.5 Å². The summed E-state index contributed by atoms with van der Waals surface area (Å²) in [6.45, 7) is 5.42. The van der Waals surface area contributed by atoms with Crippen LogP contribution in [0.2, 0.25) is 15.1 Å². The quantitative estimate of drug-likeness (QED) is 0.470. The van der Waals surface area contributed by atoms with E-state index < -0.39 is 28.5 Å². The molecule has 0 aliphatic carbocycles. The van der Waals surface area contributed by atoms with Gasteiger partial charge in [0.05, 0.1) is 11.9 Å². The Kier molecular flexibility index (Phi) is 10.1. The van der Waals surface area contributed by atoms with Crippen LogP contribution in [0.3, 0.4) is 0 Å². The van der Waals surface area contributed by atoms with Crippen molar-refractivity contribution in [2.24, 2.45) is 5.92 Å². The van der Waals surface area contributed by atoms with E-state index in [1.165, 1.54) is 29.2 Å². The smallest absolute Gasteiger partial charge is 0.244 e. The van der Waals surface area contributed by atoms with Gasteiger partial charge in [0.2, 0.25) is 21.8 Å². The number of benzene rings is 2. The Hall–Kier alpha value is -2.00. The maximum absolute atomic E-state index is 13.5. The van der Waals surface area contributed by atoms with Crippen molar-refractivity contribution in [3.63, 3.8) is 0 Å². The minimum atomic E-state index is -3.81. The molecule has 0 heterocycles. The summed E-state index contributed by atoms with van der Waals surface area (Å²) in [5.74, 6) is -0.709. The molecule has 7 nitrogen and oxygen atoms in total. The van der Waals surface area contributed by atoms with E-state index in [9.17, 15) is 18.0 Å². The monoisotopic (exact) mass is 547 g/mol. The van der Waals surface area contributed by atoms with Gasteiger partial charge < -0.3 is 10.2 Å². The number of halogens is 3. The van der Waals surface area contributed by atoms with E-state index in [0.717, 1.165) is 10.6 Å². The third-order valence-corrected chi connectivity index (χ3v) is 6.98. The van der Waals surface area contributed by atoms with Gasteiger partial charge in [-0.2, -0.15) is 0 Å². The van der Waals surface area contributed by atoms with Gasteiger partial charge in [0.1, 0.15) is 12.6 Å². The van der Waals surface area contributed by atoms with Crippen LogP contribution in [0.4, 0.5) is 5.69 Å². The molecule has 1 atom stereocenters. The number of hydrogen-bond acceptors (Lipinski definition) is 4. The first kappa shape index (κ1) is 28.2. The SMILES string of the molecule is CC(C)CNC(=O)C(C)N(Cc1ccc(Cl)cc1Cl)C(=O)CN(c1ccc(Cl)cc1)S(C)(=O)=O. The second-order valence-electron chi connectivity index (χ2n) is 8.32. The molecule has 2 aromatic carbocycles. The number of rotatable bonds is 10. The van der Waals surface area contributed by atoms with Crippen molar-refractivity contribution >= 4 is 62.3 Å². The molecule has 0 fully saturated rings. The summed E-state index contributed by atoms with van der Waals surface area (Å²) in [5, 5.41) is 4.01. The Bertz CT molecular complexity index is 1120. The average Bonchev–Trinajstić information content (AvgIpc) is 2.74. The maximum atomic E-state index is 13.5. The number of carbonyl (C=O) groups excluding carboxylic acids is 2. The molecule has 0 saturated heterocycles. The summed E-state index contributed by atoms with van der Waals surface area (Å²) in [6.07, 6.45) is 1.01. The molecule has 1 N–H and O–H groups in total. The number of amides is 2. The fraction of sp³-hybridized carbons (Fsp3) is 0.391.